The van der Waals surface area contributed by atoms with Crippen LogP contribution in [-0.4, -0.2) is 11.7 Å². The van der Waals surface area contributed by atoms with Crippen LogP contribution < -0.4 is 17.0 Å². The Kier molecular flexibility index (Phi) is 6.53. The summed E-state index contributed by atoms with van der Waals surface area (Å²) in [5, 5.41) is 0. The Bertz CT molecular complexity index is 381. The maximum atomic E-state index is 13.0. The average Bonchev–Trinajstić information content (AvgIpc) is 2.32. The second-order valence-electron chi connectivity index (χ2n) is 3.95. The first kappa shape index (κ1) is 14.8. The molecule has 0 radical (unpaired) electrons. The number of rotatable bonds is 7. The minimum absolute atomic E-state index is 0.138. The first-order chi connectivity index (χ1) is 8.61. The highest BCUT2D eigenvalue weighted by atomic mass is 32.2. The fourth-order valence-corrected chi connectivity index (χ4v) is 2.49. The standard InChI is InChI=1S/C12H18FN3OS/c13-9-6-10(14)8-11(7-9)18-5-3-1-2-4-12(17)16-15/h6-8H,1-5,14-15H2,(H,16,17). The number of nitrogens with one attached hydrogen (secondary N) is 1. The first-order valence-corrected chi connectivity index (χ1v) is 6.78. The molecule has 1 aromatic rings. The van der Waals surface area contributed by atoms with E-state index in [1.807, 2.05) is 0 Å². The number of nitrogens with two attached hydrogens (primary N) is 2. The van der Waals surface area contributed by atoms with Gasteiger partial charge in [0.05, 0.1) is 0 Å². The van der Waals surface area contributed by atoms with Gasteiger partial charge in [0.25, 0.3) is 0 Å². The molecule has 0 unspecified atom stereocenters. The smallest absolute Gasteiger partial charge is 0.233 e. The van der Waals surface area contributed by atoms with Crippen LogP contribution in [0, 0.1) is 5.82 Å². The molecule has 0 atom stereocenters. The van der Waals surface area contributed by atoms with E-state index in [0.29, 0.717) is 12.1 Å². The van der Waals surface area contributed by atoms with Crippen LogP contribution in [0.15, 0.2) is 23.1 Å². The van der Waals surface area contributed by atoms with Crippen LogP contribution in [-0.2, 0) is 4.79 Å². The summed E-state index contributed by atoms with van der Waals surface area (Å²) in [7, 11) is 0. The lowest BCUT2D eigenvalue weighted by Gasteiger charge is -2.03. The average molecular weight is 271 g/mol. The molecule has 0 heterocycles. The molecule has 0 aromatic heterocycles. The van der Waals surface area contributed by atoms with Crippen molar-refractivity contribution in [3.63, 3.8) is 0 Å². The number of halogens is 1. The Morgan fingerprint density at radius 1 is 1.28 bits per heavy atom. The van der Waals surface area contributed by atoms with Crippen LogP contribution in [0.5, 0.6) is 0 Å². The van der Waals surface area contributed by atoms with Gasteiger partial charge in [0.2, 0.25) is 5.91 Å². The summed E-state index contributed by atoms with van der Waals surface area (Å²) in [5.41, 5.74) is 8.09. The number of hydrogen-bond acceptors (Lipinski definition) is 4. The fourth-order valence-electron chi connectivity index (χ4n) is 1.49. The molecule has 1 amide bonds. The lowest BCUT2D eigenvalue weighted by molar-refractivity contribution is -0.121. The number of hydrazine groups is 1. The van der Waals surface area contributed by atoms with Crippen molar-refractivity contribution in [1.29, 1.82) is 0 Å². The highest BCUT2D eigenvalue weighted by Crippen LogP contribution is 2.23. The van der Waals surface area contributed by atoms with E-state index in [1.54, 1.807) is 17.8 Å². The van der Waals surface area contributed by atoms with Crippen molar-refractivity contribution >= 4 is 23.4 Å². The Balaban J connectivity index is 2.16. The molecule has 100 valence electrons. The molecular weight excluding hydrogens is 253 g/mol. The molecule has 18 heavy (non-hydrogen) atoms. The fraction of sp³-hybridized carbons (Fsp3) is 0.417. The maximum absolute atomic E-state index is 13.0. The predicted molar refractivity (Wildman–Crippen MR) is 72.3 cm³/mol. The van der Waals surface area contributed by atoms with Crippen molar-refractivity contribution in [3.05, 3.63) is 24.0 Å². The molecule has 0 aliphatic heterocycles. The minimum atomic E-state index is -0.308. The van der Waals surface area contributed by atoms with Crippen molar-refractivity contribution < 1.29 is 9.18 Å². The number of amides is 1. The summed E-state index contributed by atoms with van der Waals surface area (Å²) in [6, 6.07) is 4.54. The number of benzene rings is 1. The zero-order valence-electron chi connectivity index (χ0n) is 10.1. The zero-order chi connectivity index (χ0) is 13.4. The van der Waals surface area contributed by atoms with E-state index in [4.69, 9.17) is 11.6 Å². The first-order valence-electron chi connectivity index (χ1n) is 5.80. The number of carbonyl (C=O) groups excluding carboxylic acids is 1. The summed E-state index contributed by atoms with van der Waals surface area (Å²) in [4.78, 5) is 11.7. The molecule has 0 saturated carbocycles. The second-order valence-corrected chi connectivity index (χ2v) is 5.12. The largest absolute Gasteiger partial charge is 0.399 e. The van der Waals surface area contributed by atoms with Gasteiger partial charge in [-0.2, -0.15) is 0 Å². The van der Waals surface area contributed by atoms with Gasteiger partial charge in [0, 0.05) is 17.0 Å². The van der Waals surface area contributed by atoms with Gasteiger partial charge >= 0.3 is 0 Å². The van der Waals surface area contributed by atoms with Gasteiger partial charge < -0.3 is 5.73 Å². The van der Waals surface area contributed by atoms with E-state index in [1.165, 1.54) is 12.1 Å². The molecular formula is C12H18FN3OS. The molecule has 0 spiro atoms. The monoisotopic (exact) mass is 271 g/mol. The van der Waals surface area contributed by atoms with E-state index in [9.17, 15) is 9.18 Å². The summed E-state index contributed by atoms with van der Waals surface area (Å²) in [6.07, 6.45) is 3.19. The van der Waals surface area contributed by atoms with Crippen molar-refractivity contribution in [2.24, 2.45) is 5.84 Å². The van der Waals surface area contributed by atoms with Gasteiger partial charge in [0.15, 0.2) is 0 Å². The van der Waals surface area contributed by atoms with E-state index in [2.05, 4.69) is 5.43 Å². The summed E-state index contributed by atoms with van der Waals surface area (Å²) in [5.74, 6) is 5.40. The summed E-state index contributed by atoms with van der Waals surface area (Å²) in [6.45, 7) is 0. The number of hydrogen-bond donors (Lipinski definition) is 3. The van der Waals surface area contributed by atoms with Gasteiger partial charge in [-0.05, 0) is 36.8 Å². The maximum Gasteiger partial charge on any atom is 0.233 e. The normalized spacial score (nSPS) is 10.3. The van der Waals surface area contributed by atoms with Crippen LogP contribution in [0.2, 0.25) is 0 Å². The lowest BCUT2D eigenvalue weighted by Crippen LogP contribution is -2.29. The third-order valence-corrected chi connectivity index (χ3v) is 3.43. The Labute approximate surface area is 110 Å². The van der Waals surface area contributed by atoms with Gasteiger partial charge in [-0.1, -0.05) is 6.42 Å². The molecule has 0 fully saturated rings. The molecule has 0 bridgehead atoms. The topological polar surface area (TPSA) is 81.1 Å². The minimum Gasteiger partial charge on any atom is -0.399 e. The third kappa shape index (κ3) is 5.88. The van der Waals surface area contributed by atoms with Crippen LogP contribution >= 0.6 is 11.8 Å². The molecule has 1 aromatic carbocycles. The number of unbranched alkanes of at least 4 members (excludes halogenated alkanes) is 2. The van der Waals surface area contributed by atoms with Crippen molar-refractivity contribution in [2.45, 2.75) is 30.6 Å². The second kappa shape index (κ2) is 7.94. The Morgan fingerprint density at radius 2 is 2.06 bits per heavy atom. The molecule has 0 aliphatic carbocycles. The van der Waals surface area contributed by atoms with Crippen LogP contribution in [0.4, 0.5) is 10.1 Å². The number of thioether (sulfide) groups is 1. The van der Waals surface area contributed by atoms with Gasteiger partial charge in [-0.25, -0.2) is 10.2 Å². The summed E-state index contributed by atoms with van der Waals surface area (Å²) >= 11 is 1.57. The number of nitrogen functional groups attached to an aromatic ring is 1. The molecule has 4 nitrogen and oxygen atoms in total. The van der Waals surface area contributed by atoms with Crippen LogP contribution in [0.1, 0.15) is 25.7 Å². The predicted octanol–water partition coefficient (Wildman–Crippen LogP) is 2.05. The highest BCUT2D eigenvalue weighted by molar-refractivity contribution is 7.99. The quantitative estimate of drug-likeness (QED) is 0.177. The SMILES string of the molecule is NNC(=O)CCCCCSc1cc(N)cc(F)c1. The lowest BCUT2D eigenvalue weighted by atomic mass is 10.2. The molecule has 6 heteroatoms. The van der Waals surface area contributed by atoms with E-state index in [-0.39, 0.29) is 11.7 Å². The van der Waals surface area contributed by atoms with Gasteiger partial charge in [0.1, 0.15) is 5.82 Å². The van der Waals surface area contributed by atoms with Crippen molar-refractivity contribution in [1.82, 2.24) is 5.43 Å². The number of carbonyl (C=O) groups is 1. The van der Waals surface area contributed by atoms with Crippen molar-refractivity contribution in [2.75, 3.05) is 11.5 Å². The van der Waals surface area contributed by atoms with Crippen LogP contribution in [0.25, 0.3) is 0 Å². The van der Waals surface area contributed by atoms with Crippen molar-refractivity contribution in [3.8, 4) is 0 Å². The van der Waals surface area contributed by atoms with E-state index in [0.717, 1.165) is 29.9 Å². The van der Waals surface area contributed by atoms with E-state index >= 15 is 0 Å². The third-order valence-electron chi connectivity index (χ3n) is 2.37. The molecule has 1 rings (SSSR count). The van der Waals surface area contributed by atoms with Gasteiger partial charge in [-0.15, -0.1) is 11.8 Å². The molecule has 0 saturated heterocycles. The Morgan fingerprint density at radius 3 is 2.72 bits per heavy atom. The van der Waals surface area contributed by atoms with E-state index < -0.39 is 0 Å². The Hall–Kier alpha value is -1.27. The summed E-state index contributed by atoms with van der Waals surface area (Å²) < 4.78 is 13.0. The number of anilines is 1. The molecule has 0 aliphatic rings. The molecule has 5 N–H and O–H groups in total. The van der Waals surface area contributed by atoms with Gasteiger partial charge in [-0.3, -0.25) is 10.2 Å². The highest BCUT2D eigenvalue weighted by Gasteiger charge is 2.00. The van der Waals surface area contributed by atoms with Crippen LogP contribution in [0.3, 0.4) is 0 Å². The zero-order valence-corrected chi connectivity index (χ0v) is 10.9.